The summed E-state index contributed by atoms with van der Waals surface area (Å²) in [4.78, 5) is 67.5. The molecule has 4 N–H and O–H groups in total. The molecule has 0 spiro atoms. The summed E-state index contributed by atoms with van der Waals surface area (Å²) in [6.07, 6.45) is 18.3. The summed E-state index contributed by atoms with van der Waals surface area (Å²) in [7, 11) is 0. The van der Waals surface area contributed by atoms with Gasteiger partial charge in [-0.1, -0.05) is 0 Å². The van der Waals surface area contributed by atoms with E-state index in [-0.39, 0.29) is 34.8 Å². The third-order valence-electron chi connectivity index (χ3n) is 14.8. The molecule has 2 unspecified atom stereocenters. The molecule has 0 saturated carbocycles. The van der Waals surface area contributed by atoms with E-state index >= 15 is 0 Å². The monoisotopic (exact) mass is 1000 g/mol. The number of carbonyl (C=O) groups is 4. The van der Waals surface area contributed by atoms with Gasteiger partial charge >= 0.3 is 11.9 Å². The van der Waals surface area contributed by atoms with Crippen molar-refractivity contribution in [2.45, 2.75) is 75.3 Å². The van der Waals surface area contributed by atoms with E-state index in [4.69, 9.17) is 0 Å². The Kier molecular flexibility index (Phi) is 16.6. The van der Waals surface area contributed by atoms with Crippen molar-refractivity contribution < 1.29 is 55.7 Å². The Hall–Kier alpha value is -6.73. The molecule has 3 aromatic heterocycles. The molecule has 9 rings (SSSR count). The third kappa shape index (κ3) is 12.1. The zero-order valence-electron chi connectivity index (χ0n) is 39.5. The summed E-state index contributed by atoms with van der Waals surface area (Å²) < 4.78 is 79.7. The highest BCUT2D eigenvalue weighted by atomic mass is 19.2. The van der Waals surface area contributed by atoms with Crippen LogP contribution < -0.4 is 0 Å². The number of fused-ring (bicyclic) bond motifs is 1. The topological polar surface area (TPSA) is 166 Å². The van der Waals surface area contributed by atoms with Crippen LogP contribution in [0, 0.1) is 46.7 Å². The summed E-state index contributed by atoms with van der Waals surface area (Å²) >= 11 is 0. The van der Waals surface area contributed by atoms with Gasteiger partial charge in [0.25, 0.3) is 0 Å². The van der Waals surface area contributed by atoms with Crippen molar-refractivity contribution in [1.29, 1.82) is 0 Å². The zero-order chi connectivity index (χ0) is 51.1. The molecule has 4 fully saturated rings. The smallest absolute Gasteiger partial charge is 0.321 e. The Morgan fingerprint density at radius 1 is 0.597 bits per heavy atom. The van der Waals surface area contributed by atoms with Gasteiger partial charge in [0.1, 0.15) is 17.7 Å². The fraction of sp³-hybridized carbons (Fsp3) is 0.415. The molecular weight excluding hydrogens is 945 g/mol. The van der Waals surface area contributed by atoms with Crippen molar-refractivity contribution in [3.63, 3.8) is 0 Å². The first-order chi connectivity index (χ1) is 34.6. The average molecular weight is 1000 g/mol. The van der Waals surface area contributed by atoms with E-state index in [0.717, 1.165) is 74.1 Å². The number of hydrogen-bond acceptors (Lipinski definition) is 7. The number of pyridine rings is 1. The number of carboxylic acids is 2. The van der Waals surface area contributed by atoms with Gasteiger partial charge in [0.05, 0.1) is 0 Å². The number of carbonyl (C=O) groups excluding carboxylic acids is 2. The summed E-state index contributed by atoms with van der Waals surface area (Å²) in [6.45, 7) is 4.40. The Bertz CT molecular complexity index is 2730. The number of nitrogens with zero attached hydrogens (tertiary/aromatic N) is 5. The number of amides is 2. The number of piperidine rings is 4. The number of aliphatic carboxylic acids is 2. The summed E-state index contributed by atoms with van der Waals surface area (Å²) in [5.74, 6) is -10.1. The van der Waals surface area contributed by atoms with Crippen molar-refractivity contribution in [3.8, 4) is 0 Å². The molecule has 2 amide bonds. The lowest BCUT2D eigenvalue weighted by molar-refractivity contribution is -0.148. The number of nitrogens with one attached hydrogen (secondary N) is 2. The molecule has 0 aliphatic carbocycles. The van der Waals surface area contributed by atoms with Crippen molar-refractivity contribution in [3.05, 3.63) is 137 Å². The maximum Gasteiger partial charge on any atom is 0.321 e. The predicted molar refractivity (Wildman–Crippen MR) is 256 cm³/mol. The Balaban J connectivity index is 0.000000194. The first-order valence-electron chi connectivity index (χ1n) is 24.4. The molecule has 72 heavy (non-hydrogen) atoms. The van der Waals surface area contributed by atoms with Crippen molar-refractivity contribution in [1.82, 2.24) is 34.6 Å². The molecule has 4 saturated heterocycles. The minimum absolute atomic E-state index is 0.0443. The predicted octanol–water partition coefficient (Wildman–Crippen LogP) is 8.58. The highest BCUT2D eigenvalue weighted by Crippen LogP contribution is 2.36. The Morgan fingerprint density at radius 3 is 1.46 bits per heavy atom. The molecular formula is C53H57F6N7O6. The molecule has 0 bridgehead atoms. The van der Waals surface area contributed by atoms with Gasteiger partial charge in [0.15, 0.2) is 34.9 Å². The zero-order valence-corrected chi connectivity index (χ0v) is 39.5. The molecule has 382 valence electrons. The van der Waals surface area contributed by atoms with Gasteiger partial charge in [-0.2, -0.15) is 0 Å². The molecule has 4 aliphatic rings. The van der Waals surface area contributed by atoms with Gasteiger partial charge in [0, 0.05) is 68.5 Å². The third-order valence-corrected chi connectivity index (χ3v) is 14.8. The first kappa shape index (κ1) is 51.6. The lowest BCUT2D eigenvalue weighted by atomic mass is 9.84. The van der Waals surface area contributed by atoms with E-state index in [9.17, 15) is 55.7 Å². The first-order valence-corrected chi connectivity index (χ1v) is 24.4. The molecule has 7 heterocycles. The van der Waals surface area contributed by atoms with Crippen molar-refractivity contribution in [2.75, 3.05) is 52.4 Å². The number of aromatic nitrogens is 3. The SMILES string of the molecule is O=C(O)C(C1CCN(C(=O)/C=C/c2cc(F)c(F)c(F)c2)CC1)N1CCC(c2c[nH]c3ncccc23)CC1.O=C(O)C(C1CCN(C(=O)/C=C/c2cc(F)c(F)c(F)c2)CC1)N1CCC(c2cc[nH]c2)CC1. The van der Waals surface area contributed by atoms with E-state index < -0.39 is 58.9 Å². The minimum atomic E-state index is -1.55. The van der Waals surface area contributed by atoms with Gasteiger partial charge in [-0.3, -0.25) is 29.0 Å². The largest absolute Gasteiger partial charge is 0.480 e. The van der Waals surface area contributed by atoms with Crippen molar-refractivity contribution >= 4 is 46.9 Å². The van der Waals surface area contributed by atoms with Gasteiger partial charge in [-0.25, -0.2) is 31.3 Å². The van der Waals surface area contributed by atoms with Crippen LogP contribution in [0.15, 0.2) is 79.4 Å². The number of halogens is 6. The van der Waals surface area contributed by atoms with Crippen molar-refractivity contribution in [2.24, 2.45) is 11.8 Å². The van der Waals surface area contributed by atoms with Crippen LogP contribution in [-0.4, -0.2) is 133 Å². The van der Waals surface area contributed by atoms with Gasteiger partial charge in [0.2, 0.25) is 11.8 Å². The van der Waals surface area contributed by atoms with Gasteiger partial charge < -0.3 is 30.0 Å². The maximum atomic E-state index is 13.4. The normalized spacial score (nSPS) is 19.2. The molecule has 0 radical (unpaired) electrons. The number of benzene rings is 2. The van der Waals surface area contributed by atoms with E-state index in [1.54, 1.807) is 16.0 Å². The molecule has 4 aliphatic heterocycles. The summed E-state index contributed by atoms with van der Waals surface area (Å²) in [5.41, 5.74) is 3.45. The number of carboxylic acid groups (broad SMARTS) is 2. The van der Waals surface area contributed by atoms with Crippen LogP contribution in [0.2, 0.25) is 0 Å². The van der Waals surface area contributed by atoms with Gasteiger partial charge in [-0.15, -0.1) is 0 Å². The Morgan fingerprint density at radius 2 is 1.04 bits per heavy atom. The number of hydrogen-bond donors (Lipinski definition) is 4. The lowest BCUT2D eigenvalue weighted by Crippen LogP contribution is -2.52. The molecule has 19 heteroatoms. The highest BCUT2D eigenvalue weighted by Gasteiger charge is 2.40. The second-order valence-electron chi connectivity index (χ2n) is 19.1. The minimum Gasteiger partial charge on any atom is -0.480 e. The van der Waals surface area contributed by atoms with E-state index in [1.165, 1.54) is 35.4 Å². The van der Waals surface area contributed by atoms with E-state index in [2.05, 4.69) is 36.9 Å². The van der Waals surface area contributed by atoms with E-state index in [1.807, 2.05) is 24.7 Å². The number of aromatic amines is 2. The lowest BCUT2D eigenvalue weighted by Gasteiger charge is -2.41. The second-order valence-corrected chi connectivity index (χ2v) is 19.1. The van der Waals surface area contributed by atoms with Crippen LogP contribution in [0.3, 0.4) is 0 Å². The average Bonchev–Trinajstić information content (AvgIpc) is 4.09. The number of H-pyrrole nitrogens is 2. The number of rotatable bonds is 12. The van der Waals surface area contributed by atoms with Crippen LogP contribution in [0.1, 0.15) is 85.5 Å². The highest BCUT2D eigenvalue weighted by molar-refractivity contribution is 5.92. The Labute approximate surface area is 412 Å². The fourth-order valence-electron chi connectivity index (χ4n) is 11.0. The van der Waals surface area contributed by atoms with E-state index in [0.29, 0.717) is 76.8 Å². The summed E-state index contributed by atoms with van der Waals surface area (Å²) in [6, 6.07) is 8.15. The van der Waals surface area contributed by atoms with Crippen LogP contribution >= 0.6 is 0 Å². The molecule has 5 aromatic rings. The van der Waals surface area contributed by atoms with Crippen LogP contribution in [0.4, 0.5) is 26.3 Å². The van der Waals surface area contributed by atoms with Crippen LogP contribution in [-0.2, 0) is 19.2 Å². The second kappa shape index (κ2) is 23.2. The van der Waals surface area contributed by atoms with Gasteiger partial charge in [-0.05, 0) is 178 Å². The molecule has 2 atom stereocenters. The molecule has 13 nitrogen and oxygen atoms in total. The molecule has 2 aromatic carbocycles. The number of likely N-dealkylation sites (tertiary alicyclic amines) is 4. The van der Waals surface area contributed by atoms with Crippen LogP contribution in [0.5, 0.6) is 0 Å². The maximum absolute atomic E-state index is 13.4. The quantitative estimate of drug-likeness (QED) is 0.0544. The fourth-order valence-corrected chi connectivity index (χ4v) is 11.0. The van der Waals surface area contributed by atoms with Crippen LogP contribution in [0.25, 0.3) is 23.2 Å². The standard InChI is InChI=1S/C28H29F3N4O3.C25H28F3N3O3/c29-22-14-17(15-23(30)25(22)31)3-4-24(36)34-10-7-19(8-11-34)26(28(37)38)35-12-5-18(6-13-35)21-16-33-27-20(21)2-1-9-32-27;26-20-13-16(14-21(27)23(20)28)1-2-22(32)30-9-6-18(7-10-30)24(25(33)34)31-11-4-17(5-12-31)19-3-8-29-15-19/h1-4,9,14-16,18-19,26H,5-8,10-13H2,(H,32,33)(H,37,38);1-3,8,13-15,17-18,24,29H,4-7,9-12H2,(H,33,34)/b4-3+;2-1+. The summed E-state index contributed by atoms with van der Waals surface area (Å²) in [5, 5.41) is 21.1.